The van der Waals surface area contributed by atoms with E-state index in [1.165, 1.54) is 12.8 Å². The Balaban J connectivity index is 2.24. The molecular weight excluding hydrogens is 202 g/mol. The molecule has 0 aromatic heterocycles. The number of benzene rings is 1. The van der Waals surface area contributed by atoms with Crippen molar-refractivity contribution >= 4 is 0 Å². The molecule has 1 aliphatic heterocycles. The standard InChI is InChI=1S/C13H19NO2/c1-16-13-7-3-2-6-11(13)12(10-15)14-8-4-5-9-14/h2-3,6-7,12,15H,4-5,8-10H2,1H3. The van der Waals surface area contributed by atoms with Crippen LogP contribution in [-0.2, 0) is 0 Å². The average molecular weight is 221 g/mol. The molecule has 1 fully saturated rings. The van der Waals surface area contributed by atoms with Crippen LogP contribution in [0.3, 0.4) is 0 Å². The fourth-order valence-electron chi connectivity index (χ4n) is 2.41. The average Bonchev–Trinajstić information content (AvgIpc) is 2.84. The molecule has 3 nitrogen and oxygen atoms in total. The summed E-state index contributed by atoms with van der Waals surface area (Å²) in [6.07, 6.45) is 2.46. The molecule has 0 aliphatic carbocycles. The summed E-state index contributed by atoms with van der Waals surface area (Å²) in [5, 5.41) is 9.56. The lowest BCUT2D eigenvalue weighted by atomic mass is 10.1. The van der Waals surface area contributed by atoms with E-state index in [4.69, 9.17) is 4.74 Å². The van der Waals surface area contributed by atoms with Crippen LogP contribution in [-0.4, -0.2) is 36.8 Å². The highest BCUT2D eigenvalue weighted by Gasteiger charge is 2.24. The van der Waals surface area contributed by atoms with Crippen LogP contribution in [0.25, 0.3) is 0 Å². The molecule has 1 aromatic carbocycles. The Morgan fingerprint density at radius 3 is 2.62 bits per heavy atom. The van der Waals surface area contributed by atoms with E-state index in [2.05, 4.69) is 4.90 Å². The summed E-state index contributed by atoms with van der Waals surface area (Å²) >= 11 is 0. The molecule has 3 heteroatoms. The lowest BCUT2D eigenvalue weighted by Crippen LogP contribution is -2.28. The molecule has 1 N–H and O–H groups in total. The number of methoxy groups -OCH3 is 1. The van der Waals surface area contributed by atoms with Gasteiger partial charge in [0, 0.05) is 5.56 Å². The zero-order valence-corrected chi connectivity index (χ0v) is 9.72. The van der Waals surface area contributed by atoms with Crippen molar-refractivity contribution in [1.29, 1.82) is 0 Å². The van der Waals surface area contributed by atoms with Crippen LogP contribution in [0.5, 0.6) is 5.75 Å². The fraction of sp³-hybridized carbons (Fsp3) is 0.538. The third-order valence-electron chi connectivity index (χ3n) is 3.25. The maximum Gasteiger partial charge on any atom is 0.123 e. The molecule has 16 heavy (non-hydrogen) atoms. The second-order valence-electron chi connectivity index (χ2n) is 4.18. The first-order valence-electron chi connectivity index (χ1n) is 5.84. The second-order valence-corrected chi connectivity index (χ2v) is 4.18. The van der Waals surface area contributed by atoms with E-state index in [9.17, 15) is 5.11 Å². The Labute approximate surface area is 96.6 Å². The van der Waals surface area contributed by atoms with Crippen molar-refractivity contribution in [2.75, 3.05) is 26.8 Å². The highest BCUT2D eigenvalue weighted by molar-refractivity contribution is 5.36. The Bertz CT molecular complexity index is 334. The molecule has 1 atom stereocenters. The lowest BCUT2D eigenvalue weighted by Gasteiger charge is -2.27. The summed E-state index contributed by atoms with van der Waals surface area (Å²) in [6, 6.07) is 8.03. The summed E-state index contributed by atoms with van der Waals surface area (Å²) < 4.78 is 5.35. The number of para-hydroxylation sites is 1. The molecule has 0 bridgehead atoms. The normalized spacial score (nSPS) is 18.6. The molecule has 1 unspecified atom stereocenters. The highest BCUT2D eigenvalue weighted by atomic mass is 16.5. The SMILES string of the molecule is COc1ccccc1C(CO)N1CCCC1. The van der Waals surface area contributed by atoms with Crippen LogP contribution in [0.2, 0.25) is 0 Å². The molecule has 1 aromatic rings. The van der Waals surface area contributed by atoms with Crippen LogP contribution in [0.1, 0.15) is 24.4 Å². The van der Waals surface area contributed by atoms with Crippen molar-refractivity contribution in [3.8, 4) is 5.75 Å². The van der Waals surface area contributed by atoms with E-state index in [0.717, 1.165) is 24.4 Å². The molecule has 1 saturated heterocycles. The predicted octanol–water partition coefficient (Wildman–Crippen LogP) is 1.82. The predicted molar refractivity (Wildman–Crippen MR) is 63.6 cm³/mol. The number of nitrogens with zero attached hydrogens (tertiary/aromatic N) is 1. The van der Waals surface area contributed by atoms with E-state index in [1.54, 1.807) is 7.11 Å². The van der Waals surface area contributed by atoms with Gasteiger partial charge in [-0.05, 0) is 32.0 Å². The van der Waals surface area contributed by atoms with Crippen molar-refractivity contribution in [2.24, 2.45) is 0 Å². The van der Waals surface area contributed by atoms with Crippen LogP contribution in [0, 0.1) is 0 Å². The summed E-state index contributed by atoms with van der Waals surface area (Å²) in [6.45, 7) is 2.30. The molecular formula is C13H19NO2. The number of likely N-dealkylation sites (tertiary alicyclic amines) is 1. The van der Waals surface area contributed by atoms with E-state index in [1.807, 2.05) is 24.3 Å². The van der Waals surface area contributed by atoms with Gasteiger partial charge in [0.2, 0.25) is 0 Å². The van der Waals surface area contributed by atoms with Crippen LogP contribution in [0.4, 0.5) is 0 Å². The largest absolute Gasteiger partial charge is 0.496 e. The van der Waals surface area contributed by atoms with Gasteiger partial charge >= 0.3 is 0 Å². The smallest absolute Gasteiger partial charge is 0.123 e. The zero-order chi connectivity index (χ0) is 11.4. The quantitative estimate of drug-likeness (QED) is 0.842. The van der Waals surface area contributed by atoms with Gasteiger partial charge in [-0.15, -0.1) is 0 Å². The first kappa shape index (κ1) is 11.4. The first-order valence-corrected chi connectivity index (χ1v) is 5.84. The first-order chi connectivity index (χ1) is 7.86. The number of rotatable bonds is 4. The van der Waals surface area contributed by atoms with Crippen LogP contribution < -0.4 is 4.74 Å². The maximum absolute atomic E-state index is 9.56. The number of hydrogen-bond donors (Lipinski definition) is 1. The maximum atomic E-state index is 9.56. The van der Waals surface area contributed by atoms with Crippen molar-refractivity contribution in [3.63, 3.8) is 0 Å². The van der Waals surface area contributed by atoms with Crippen molar-refractivity contribution in [1.82, 2.24) is 4.90 Å². The fourth-order valence-corrected chi connectivity index (χ4v) is 2.41. The minimum atomic E-state index is 0.0821. The van der Waals surface area contributed by atoms with Gasteiger partial charge in [0.1, 0.15) is 5.75 Å². The van der Waals surface area contributed by atoms with Gasteiger partial charge in [-0.1, -0.05) is 18.2 Å². The van der Waals surface area contributed by atoms with Gasteiger partial charge in [-0.2, -0.15) is 0 Å². The number of aliphatic hydroxyl groups is 1. The van der Waals surface area contributed by atoms with Crippen molar-refractivity contribution < 1.29 is 9.84 Å². The third kappa shape index (κ3) is 2.20. The van der Waals surface area contributed by atoms with E-state index < -0.39 is 0 Å². The molecule has 2 rings (SSSR count). The van der Waals surface area contributed by atoms with Crippen molar-refractivity contribution in [3.05, 3.63) is 29.8 Å². The Morgan fingerprint density at radius 1 is 1.31 bits per heavy atom. The highest BCUT2D eigenvalue weighted by Crippen LogP contribution is 2.30. The second kappa shape index (κ2) is 5.32. The van der Waals surface area contributed by atoms with Gasteiger partial charge in [0.25, 0.3) is 0 Å². The van der Waals surface area contributed by atoms with Gasteiger partial charge < -0.3 is 9.84 Å². The Kier molecular flexibility index (Phi) is 3.80. The molecule has 0 amide bonds. The van der Waals surface area contributed by atoms with E-state index in [0.29, 0.717) is 0 Å². The number of aliphatic hydroxyl groups excluding tert-OH is 1. The minimum Gasteiger partial charge on any atom is -0.496 e. The summed E-state index contributed by atoms with van der Waals surface area (Å²) in [5.74, 6) is 0.869. The Morgan fingerprint density at radius 2 is 2.00 bits per heavy atom. The van der Waals surface area contributed by atoms with Gasteiger partial charge in [-0.3, -0.25) is 4.90 Å². The molecule has 88 valence electrons. The van der Waals surface area contributed by atoms with E-state index in [-0.39, 0.29) is 12.6 Å². The molecule has 0 spiro atoms. The summed E-state index contributed by atoms with van der Waals surface area (Å²) in [5.41, 5.74) is 1.09. The summed E-state index contributed by atoms with van der Waals surface area (Å²) in [7, 11) is 1.68. The van der Waals surface area contributed by atoms with Crippen LogP contribution >= 0.6 is 0 Å². The zero-order valence-electron chi connectivity index (χ0n) is 9.72. The van der Waals surface area contributed by atoms with Gasteiger partial charge in [-0.25, -0.2) is 0 Å². The van der Waals surface area contributed by atoms with Crippen LogP contribution in [0.15, 0.2) is 24.3 Å². The summed E-state index contributed by atoms with van der Waals surface area (Å²) in [4.78, 5) is 2.33. The number of hydrogen-bond acceptors (Lipinski definition) is 3. The molecule has 1 aliphatic rings. The molecule has 0 saturated carbocycles. The minimum absolute atomic E-state index is 0.0821. The topological polar surface area (TPSA) is 32.7 Å². The monoisotopic (exact) mass is 221 g/mol. The molecule has 1 heterocycles. The molecule has 0 radical (unpaired) electrons. The van der Waals surface area contributed by atoms with Gasteiger partial charge in [0.15, 0.2) is 0 Å². The third-order valence-corrected chi connectivity index (χ3v) is 3.25. The lowest BCUT2D eigenvalue weighted by molar-refractivity contribution is 0.144. The van der Waals surface area contributed by atoms with E-state index >= 15 is 0 Å². The Hall–Kier alpha value is -1.06. The van der Waals surface area contributed by atoms with Crippen molar-refractivity contribution in [2.45, 2.75) is 18.9 Å². The van der Waals surface area contributed by atoms with Gasteiger partial charge in [0.05, 0.1) is 19.8 Å². The number of ether oxygens (including phenoxy) is 1.